The molecule has 0 aromatic rings. The van der Waals surface area contributed by atoms with Gasteiger partial charge in [-0.3, -0.25) is 0 Å². The summed E-state index contributed by atoms with van der Waals surface area (Å²) < 4.78 is 5.61. The second kappa shape index (κ2) is 4.42. The smallest absolute Gasteiger partial charge is 0.0700 e. The molecule has 2 heteroatoms. The number of nitrogens with one attached hydrogen (secondary N) is 1. The van der Waals surface area contributed by atoms with Crippen molar-refractivity contribution in [2.24, 2.45) is 5.41 Å². The molecule has 88 valence electrons. The monoisotopic (exact) mass is 211 g/mol. The van der Waals surface area contributed by atoms with Crippen LogP contribution in [0.15, 0.2) is 0 Å². The third-order valence-corrected chi connectivity index (χ3v) is 4.30. The first-order valence-corrected chi connectivity index (χ1v) is 6.47. The first-order chi connectivity index (χ1) is 7.09. The second-order valence-electron chi connectivity index (χ2n) is 5.92. The molecular weight excluding hydrogens is 186 g/mol. The van der Waals surface area contributed by atoms with E-state index in [1.165, 1.54) is 32.1 Å². The van der Waals surface area contributed by atoms with Gasteiger partial charge in [-0.1, -0.05) is 26.7 Å². The molecule has 0 bridgehead atoms. The van der Waals surface area contributed by atoms with Crippen LogP contribution in [0.25, 0.3) is 0 Å². The van der Waals surface area contributed by atoms with Crippen LogP contribution in [-0.2, 0) is 4.74 Å². The molecule has 2 aliphatic rings. The van der Waals surface area contributed by atoms with Gasteiger partial charge in [-0.15, -0.1) is 0 Å². The highest BCUT2D eigenvalue weighted by Gasteiger charge is 2.35. The fourth-order valence-electron chi connectivity index (χ4n) is 3.01. The summed E-state index contributed by atoms with van der Waals surface area (Å²) in [5.41, 5.74) is 0.473. The standard InChI is InChI=1S/C13H25NO/c1-10-11(7-9-15-10)14-12-6-4-5-8-13(12,2)3/h10-12,14H,4-9H2,1-3H3. The summed E-state index contributed by atoms with van der Waals surface area (Å²) in [5, 5.41) is 3.83. The van der Waals surface area contributed by atoms with E-state index in [0.29, 0.717) is 23.6 Å². The van der Waals surface area contributed by atoms with Crippen LogP contribution < -0.4 is 5.32 Å². The molecule has 1 heterocycles. The van der Waals surface area contributed by atoms with E-state index in [9.17, 15) is 0 Å². The predicted molar refractivity (Wildman–Crippen MR) is 63.0 cm³/mol. The Kier molecular flexibility index (Phi) is 3.36. The Hall–Kier alpha value is -0.0800. The van der Waals surface area contributed by atoms with E-state index in [4.69, 9.17) is 4.74 Å². The van der Waals surface area contributed by atoms with Gasteiger partial charge in [0.25, 0.3) is 0 Å². The first-order valence-electron chi connectivity index (χ1n) is 6.47. The Morgan fingerprint density at radius 2 is 2.00 bits per heavy atom. The van der Waals surface area contributed by atoms with Gasteiger partial charge in [-0.25, -0.2) is 0 Å². The molecule has 1 N–H and O–H groups in total. The lowest BCUT2D eigenvalue weighted by molar-refractivity contribution is 0.0948. The molecule has 15 heavy (non-hydrogen) atoms. The average Bonchev–Trinajstić information content (AvgIpc) is 2.56. The van der Waals surface area contributed by atoms with Crippen molar-refractivity contribution in [2.75, 3.05) is 6.61 Å². The molecule has 3 unspecified atom stereocenters. The molecule has 3 atom stereocenters. The van der Waals surface area contributed by atoms with Crippen LogP contribution in [-0.4, -0.2) is 24.8 Å². The Morgan fingerprint density at radius 1 is 1.20 bits per heavy atom. The maximum atomic E-state index is 5.61. The van der Waals surface area contributed by atoms with Gasteiger partial charge in [0.1, 0.15) is 0 Å². The minimum absolute atomic E-state index is 0.405. The van der Waals surface area contributed by atoms with E-state index < -0.39 is 0 Å². The topological polar surface area (TPSA) is 21.3 Å². The van der Waals surface area contributed by atoms with Crippen LogP contribution in [0.1, 0.15) is 52.9 Å². The van der Waals surface area contributed by atoms with Gasteiger partial charge < -0.3 is 10.1 Å². The zero-order valence-corrected chi connectivity index (χ0v) is 10.4. The maximum absolute atomic E-state index is 5.61. The van der Waals surface area contributed by atoms with Crippen molar-refractivity contribution in [3.8, 4) is 0 Å². The van der Waals surface area contributed by atoms with E-state index >= 15 is 0 Å². The quantitative estimate of drug-likeness (QED) is 0.758. The van der Waals surface area contributed by atoms with E-state index in [1.54, 1.807) is 0 Å². The molecule has 1 aliphatic heterocycles. The average molecular weight is 211 g/mol. The largest absolute Gasteiger partial charge is 0.377 e. The van der Waals surface area contributed by atoms with Gasteiger partial charge in [-0.05, 0) is 31.6 Å². The Morgan fingerprint density at radius 3 is 2.60 bits per heavy atom. The van der Waals surface area contributed by atoms with Crippen LogP contribution in [0.2, 0.25) is 0 Å². The third kappa shape index (κ3) is 2.54. The minimum Gasteiger partial charge on any atom is -0.377 e. The van der Waals surface area contributed by atoms with E-state index in [0.717, 1.165) is 6.61 Å². The molecule has 2 fully saturated rings. The lowest BCUT2D eigenvalue weighted by Crippen LogP contribution is -2.50. The van der Waals surface area contributed by atoms with Crippen molar-refractivity contribution in [1.29, 1.82) is 0 Å². The molecule has 0 aromatic heterocycles. The number of hydrogen-bond donors (Lipinski definition) is 1. The molecule has 1 saturated carbocycles. The lowest BCUT2D eigenvalue weighted by atomic mass is 9.73. The van der Waals surface area contributed by atoms with Crippen molar-refractivity contribution >= 4 is 0 Å². The van der Waals surface area contributed by atoms with Gasteiger partial charge in [0.15, 0.2) is 0 Å². The summed E-state index contributed by atoms with van der Waals surface area (Å²) in [4.78, 5) is 0. The Labute approximate surface area is 93.8 Å². The summed E-state index contributed by atoms with van der Waals surface area (Å²) in [5.74, 6) is 0. The van der Waals surface area contributed by atoms with Gasteiger partial charge in [0.05, 0.1) is 6.10 Å². The number of rotatable bonds is 2. The molecule has 0 amide bonds. The van der Waals surface area contributed by atoms with Crippen LogP contribution >= 0.6 is 0 Å². The van der Waals surface area contributed by atoms with E-state index in [2.05, 4.69) is 26.1 Å². The second-order valence-corrected chi connectivity index (χ2v) is 5.92. The Bertz CT molecular complexity index is 215. The third-order valence-electron chi connectivity index (χ3n) is 4.30. The van der Waals surface area contributed by atoms with Crippen molar-refractivity contribution in [3.05, 3.63) is 0 Å². The first kappa shape index (κ1) is 11.4. The summed E-state index contributed by atoms with van der Waals surface area (Å²) in [7, 11) is 0. The predicted octanol–water partition coefficient (Wildman–Crippen LogP) is 2.72. The summed E-state index contributed by atoms with van der Waals surface area (Å²) in [6, 6.07) is 1.28. The maximum Gasteiger partial charge on any atom is 0.0700 e. The van der Waals surface area contributed by atoms with Gasteiger partial charge in [0, 0.05) is 18.7 Å². The zero-order valence-electron chi connectivity index (χ0n) is 10.4. The molecule has 1 saturated heterocycles. The van der Waals surface area contributed by atoms with Crippen molar-refractivity contribution < 1.29 is 4.74 Å². The summed E-state index contributed by atoms with van der Waals surface area (Å²) in [6.45, 7) is 7.95. The molecule has 2 nitrogen and oxygen atoms in total. The fraction of sp³-hybridized carbons (Fsp3) is 1.00. The highest BCUT2D eigenvalue weighted by atomic mass is 16.5. The van der Waals surface area contributed by atoms with Crippen molar-refractivity contribution in [1.82, 2.24) is 5.32 Å². The number of hydrogen-bond acceptors (Lipinski definition) is 2. The van der Waals surface area contributed by atoms with Crippen LogP contribution in [0, 0.1) is 5.41 Å². The zero-order chi connectivity index (χ0) is 10.9. The van der Waals surface area contributed by atoms with Gasteiger partial charge in [0.2, 0.25) is 0 Å². The van der Waals surface area contributed by atoms with E-state index in [-0.39, 0.29) is 0 Å². The van der Waals surface area contributed by atoms with Gasteiger partial charge in [-0.2, -0.15) is 0 Å². The number of ether oxygens (including phenoxy) is 1. The van der Waals surface area contributed by atoms with Crippen molar-refractivity contribution in [2.45, 2.75) is 71.1 Å². The minimum atomic E-state index is 0.405. The molecular formula is C13H25NO. The van der Waals surface area contributed by atoms with Crippen LogP contribution in [0.5, 0.6) is 0 Å². The summed E-state index contributed by atoms with van der Waals surface area (Å²) >= 11 is 0. The Balaban J connectivity index is 1.92. The summed E-state index contributed by atoms with van der Waals surface area (Å²) in [6.07, 6.45) is 7.10. The van der Waals surface area contributed by atoms with Gasteiger partial charge >= 0.3 is 0 Å². The van der Waals surface area contributed by atoms with Crippen LogP contribution in [0.4, 0.5) is 0 Å². The molecule has 2 rings (SSSR count). The highest BCUT2D eigenvalue weighted by Crippen LogP contribution is 2.36. The van der Waals surface area contributed by atoms with Crippen LogP contribution in [0.3, 0.4) is 0 Å². The molecule has 0 radical (unpaired) electrons. The normalized spacial score (nSPS) is 40.6. The SMILES string of the molecule is CC1OCCC1NC1CCCCC1(C)C. The van der Waals surface area contributed by atoms with E-state index in [1.807, 2.05) is 0 Å². The fourth-order valence-corrected chi connectivity index (χ4v) is 3.01. The molecule has 0 aromatic carbocycles. The van der Waals surface area contributed by atoms with Crippen molar-refractivity contribution in [3.63, 3.8) is 0 Å². The molecule has 0 spiro atoms. The highest BCUT2D eigenvalue weighted by molar-refractivity contribution is 4.92. The molecule has 1 aliphatic carbocycles. The lowest BCUT2D eigenvalue weighted by Gasteiger charge is -2.41.